The Kier molecular flexibility index (Phi) is 6.75. The predicted molar refractivity (Wildman–Crippen MR) is 126 cm³/mol. The topological polar surface area (TPSA) is 105 Å². The van der Waals surface area contributed by atoms with E-state index in [1.54, 1.807) is 6.20 Å². The van der Waals surface area contributed by atoms with Crippen LogP contribution >= 0.6 is 0 Å². The molecule has 0 radical (unpaired) electrons. The minimum atomic E-state index is -0.460. The Morgan fingerprint density at radius 2 is 2.09 bits per heavy atom. The van der Waals surface area contributed by atoms with Gasteiger partial charge < -0.3 is 19.4 Å². The third-order valence-corrected chi connectivity index (χ3v) is 7.13. The molecular weight excluding hydrogens is 432 g/mol. The quantitative estimate of drug-likeness (QED) is 0.539. The van der Waals surface area contributed by atoms with Gasteiger partial charge in [-0.2, -0.15) is 0 Å². The van der Waals surface area contributed by atoms with Gasteiger partial charge in [0.2, 0.25) is 5.88 Å². The van der Waals surface area contributed by atoms with Gasteiger partial charge in [0.05, 0.1) is 17.8 Å². The maximum absolute atomic E-state index is 5.85. The molecule has 182 valence electrons. The second kappa shape index (κ2) is 10.1. The number of nitrogens with zero attached hydrogens (tertiary/aromatic N) is 7. The number of hydrogen-bond donors (Lipinski definition) is 1. The van der Waals surface area contributed by atoms with E-state index in [1.165, 1.54) is 0 Å². The predicted octanol–water partition coefficient (Wildman–Crippen LogP) is 3.29. The number of tetrazole rings is 1. The Hall–Kier alpha value is -3.01. The molecule has 3 aromatic heterocycles. The molecule has 1 N–H and O–H groups in total. The molecule has 34 heavy (non-hydrogen) atoms. The molecule has 0 bridgehead atoms. The first-order chi connectivity index (χ1) is 16.7. The van der Waals surface area contributed by atoms with Crippen molar-refractivity contribution in [2.24, 2.45) is 13.0 Å². The molecule has 0 amide bonds. The largest absolute Gasteiger partial charge is 0.476 e. The van der Waals surface area contributed by atoms with E-state index in [9.17, 15) is 0 Å². The molecule has 10 heteroatoms. The molecule has 3 aromatic rings. The van der Waals surface area contributed by atoms with Gasteiger partial charge in [0, 0.05) is 51.3 Å². The van der Waals surface area contributed by atoms with Gasteiger partial charge in [0.15, 0.2) is 5.82 Å². The lowest BCUT2D eigenvalue weighted by Crippen LogP contribution is -2.43. The average molecular weight is 467 g/mol. The summed E-state index contributed by atoms with van der Waals surface area (Å²) in [6.45, 7) is 4.93. The van der Waals surface area contributed by atoms with Gasteiger partial charge >= 0.3 is 0 Å². The number of nitrogens with one attached hydrogen (secondary N) is 1. The summed E-state index contributed by atoms with van der Waals surface area (Å²) in [5, 5.41) is 17.0. The zero-order chi connectivity index (χ0) is 23.4. The number of aryl methyl sites for hydroxylation is 1. The lowest BCUT2D eigenvalue weighted by Gasteiger charge is -2.41. The number of aromatic nitrogens is 7. The van der Waals surface area contributed by atoms with Crippen LogP contribution in [0.2, 0.25) is 0 Å². The fourth-order valence-electron chi connectivity index (χ4n) is 5.48. The summed E-state index contributed by atoms with van der Waals surface area (Å²) in [5.74, 6) is 3.39. The van der Waals surface area contributed by atoms with Gasteiger partial charge in [-0.15, -0.1) is 5.10 Å². The van der Waals surface area contributed by atoms with Gasteiger partial charge in [0.25, 0.3) is 0 Å². The molecule has 2 aliphatic rings. The molecule has 0 spiro atoms. The highest BCUT2D eigenvalue weighted by atomic mass is 16.5. The molecule has 2 fully saturated rings. The summed E-state index contributed by atoms with van der Waals surface area (Å²) in [4.78, 5) is 9.15. The maximum atomic E-state index is 5.85. The van der Waals surface area contributed by atoms with Crippen LogP contribution in [0.1, 0.15) is 63.0 Å². The van der Waals surface area contributed by atoms with Crippen molar-refractivity contribution in [3.05, 3.63) is 42.4 Å². The minimum absolute atomic E-state index is 0.293. The van der Waals surface area contributed by atoms with Gasteiger partial charge in [-0.3, -0.25) is 0 Å². The molecule has 1 aliphatic carbocycles. The van der Waals surface area contributed by atoms with E-state index < -0.39 is 5.54 Å². The normalized spacial score (nSPS) is 23.6. The van der Waals surface area contributed by atoms with Crippen LogP contribution in [0.3, 0.4) is 0 Å². The van der Waals surface area contributed by atoms with Crippen LogP contribution in [0.4, 0.5) is 5.69 Å². The highest BCUT2D eigenvalue weighted by Gasteiger charge is 2.44. The van der Waals surface area contributed by atoms with E-state index in [1.807, 2.05) is 36.1 Å². The van der Waals surface area contributed by atoms with E-state index in [4.69, 9.17) is 9.47 Å². The number of anilines is 1. The summed E-state index contributed by atoms with van der Waals surface area (Å²) in [7, 11) is 2.07. The number of ether oxygens (including phenoxy) is 2. The van der Waals surface area contributed by atoms with E-state index in [2.05, 4.69) is 42.4 Å². The van der Waals surface area contributed by atoms with Gasteiger partial charge in [0.1, 0.15) is 5.82 Å². The Labute approximate surface area is 200 Å². The van der Waals surface area contributed by atoms with Crippen molar-refractivity contribution in [2.45, 2.75) is 63.5 Å². The van der Waals surface area contributed by atoms with Crippen LogP contribution in [0.5, 0.6) is 5.88 Å². The fraction of sp³-hybridized carbons (Fsp3) is 0.625. The van der Waals surface area contributed by atoms with Crippen molar-refractivity contribution < 1.29 is 9.47 Å². The number of hydrogen-bond acceptors (Lipinski definition) is 8. The molecule has 1 saturated heterocycles. The molecule has 10 nitrogen and oxygen atoms in total. The number of imidazole rings is 1. The molecule has 2 atom stereocenters. The van der Waals surface area contributed by atoms with E-state index in [-0.39, 0.29) is 0 Å². The zero-order valence-corrected chi connectivity index (χ0v) is 20.1. The highest BCUT2D eigenvalue weighted by molar-refractivity contribution is 5.54. The molecule has 1 saturated carbocycles. The monoisotopic (exact) mass is 466 g/mol. The van der Waals surface area contributed by atoms with Crippen molar-refractivity contribution in [2.75, 3.05) is 25.1 Å². The second-order valence-corrected chi connectivity index (χ2v) is 9.43. The lowest BCUT2D eigenvalue weighted by atomic mass is 9.74. The van der Waals surface area contributed by atoms with Crippen molar-refractivity contribution in [1.29, 1.82) is 0 Å². The molecule has 2 unspecified atom stereocenters. The Morgan fingerprint density at radius 1 is 1.21 bits per heavy atom. The van der Waals surface area contributed by atoms with Crippen LogP contribution in [-0.2, 0) is 23.9 Å². The molecule has 5 rings (SSSR count). The zero-order valence-electron chi connectivity index (χ0n) is 20.1. The third-order valence-electron chi connectivity index (χ3n) is 7.13. The minimum Gasteiger partial charge on any atom is -0.476 e. The molecule has 1 aliphatic heterocycles. The smallest absolute Gasteiger partial charge is 0.237 e. The average Bonchev–Trinajstić information content (AvgIpc) is 3.51. The summed E-state index contributed by atoms with van der Waals surface area (Å²) in [6, 6.07) is 3.96. The number of pyridine rings is 1. The van der Waals surface area contributed by atoms with Gasteiger partial charge in [-0.25, -0.2) is 14.6 Å². The molecule has 0 aromatic carbocycles. The maximum Gasteiger partial charge on any atom is 0.237 e. The van der Waals surface area contributed by atoms with E-state index in [0.29, 0.717) is 24.3 Å². The number of rotatable bonds is 8. The first kappa shape index (κ1) is 22.8. The van der Waals surface area contributed by atoms with Crippen molar-refractivity contribution >= 4 is 5.69 Å². The summed E-state index contributed by atoms with van der Waals surface area (Å²) in [5.41, 5.74) is 0.406. The Bertz CT molecular complexity index is 1080. The van der Waals surface area contributed by atoms with Crippen molar-refractivity contribution in [1.82, 2.24) is 34.7 Å². The summed E-state index contributed by atoms with van der Waals surface area (Å²) in [6.07, 6.45) is 11.6. The third kappa shape index (κ3) is 4.64. The van der Waals surface area contributed by atoms with Crippen LogP contribution in [-0.4, -0.2) is 54.6 Å². The summed E-state index contributed by atoms with van der Waals surface area (Å²) < 4.78 is 15.6. The second-order valence-electron chi connectivity index (χ2n) is 9.43. The Balaban J connectivity index is 1.52. The molecular formula is C24H34N8O2. The van der Waals surface area contributed by atoms with Gasteiger partial charge in [-0.05, 0) is 73.9 Å². The first-order valence-electron chi connectivity index (χ1n) is 12.4. The fourth-order valence-corrected chi connectivity index (χ4v) is 5.48. The molecule has 4 heterocycles. The van der Waals surface area contributed by atoms with E-state index >= 15 is 0 Å². The van der Waals surface area contributed by atoms with E-state index in [0.717, 1.165) is 75.6 Å². The Morgan fingerprint density at radius 3 is 2.88 bits per heavy atom. The van der Waals surface area contributed by atoms with Crippen molar-refractivity contribution in [3.8, 4) is 5.88 Å². The first-order valence-corrected chi connectivity index (χ1v) is 12.4. The van der Waals surface area contributed by atoms with Gasteiger partial charge in [-0.1, -0.05) is 0 Å². The van der Waals surface area contributed by atoms with Crippen LogP contribution in [0.15, 0.2) is 30.7 Å². The van der Waals surface area contributed by atoms with Crippen LogP contribution < -0.4 is 10.1 Å². The SMILES string of the molecule is CCOc1ncccc1NC1(c2nnnn2CC2CCOCC2)CCCC(c2nccn2C)C1. The van der Waals surface area contributed by atoms with Crippen LogP contribution in [0.25, 0.3) is 0 Å². The van der Waals surface area contributed by atoms with Crippen LogP contribution in [0, 0.1) is 5.92 Å². The standard InChI is InChI=1S/C24H34N8O2/c1-3-34-22-20(7-5-11-26-22)27-24(10-4-6-19(16-24)21-25-12-13-31(21)2)23-28-29-30-32(23)17-18-8-14-33-15-9-18/h5,7,11-13,18-19,27H,3-4,6,8-10,14-17H2,1-2H3. The lowest BCUT2D eigenvalue weighted by molar-refractivity contribution is 0.0591. The summed E-state index contributed by atoms with van der Waals surface area (Å²) >= 11 is 0. The van der Waals surface area contributed by atoms with Crippen molar-refractivity contribution in [3.63, 3.8) is 0 Å². The highest BCUT2D eigenvalue weighted by Crippen LogP contribution is 2.46.